The number of piperidine rings is 1. The van der Waals surface area contributed by atoms with E-state index in [1.807, 2.05) is 17.0 Å². The molecule has 3 N–H and O–H groups in total. The van der Waals surface area contributed by atoms with Gasteiger partial charge in [-0.25, -0.2) is 0 Å². The summed E-state index contributed by atoms with van der Waals surface area (Å²) in [6, 6.07) is 7.10. The van der Waals surface area contributed by atoms with Crippen molar-refractivity contribution in [1.29, 1.82) is 0 Å². The highest BCUT2D eigenvalue weighted by Gasteiger charge is 2.32. The third-order valence-electron chi connectivity index (χ3n) is 6.11. The van der Waals surface area contributed by atoms with E-state index in [0.717, 1.165) is 50.6 Å². The molecule has 1 unspecified atom stereocenters. The second-order valence-corrected chi connectivity index (χ2v) is 8.26. The van der Waals surface area contributed by atoms with Gasteiger partial charge in [-0.1, -0.05) is 12.1 Å². The normalized spacial score (nSPS) is 25.3. The molecule has 1 saturated carbocycles. The largest absolute Gasteiger partial charge is 0.508 e. The summed E-state index contributed by atoms with van der Waals surface area (Å²) in [7, 11) is 0. The smallest absolute Gasteiger partial charge is 0.225 e. The first kappa shape index (κ1) is 20.6. The number of likely N-dealkylation sites (tertiary alicyclic amines) is 1. The number of benzene rings is 1. The first-order valence-corrected chi connectivity index (χ1v) is 10.5. The number of rotatable bonds is 6. The molecule has 2 amide bonds. The van der Waals surface area contributed by atoms with E-state index in [1.54, 1.807) is 12.1 Å². The van der Waals surface area contributed by atoms with Crippen LogP contribution in [0.5, 0.6) is 5.75 Å². The van der Waals surface area contributed by atoms with Gasteiger partial charge in [-0.2, -0.15) is 0 Å². The third kappa shape index (κ3) is 5.71. The van der Waals surface area contributed by atoms with Crippen LogP contribution in [0.3, 0.4) is 0 Å². The van der Waals surface area contributed by atoms with Crippen molar-refractivity contribution in [3.05, 3.63) is 29.8 Å². The van der Waals surface area contributed by atoms with Crippen LogP contribution in [0.4, 0.5) is 0 Å². The monoisotopic (exact) mass is 388 g/mol. The summed E-state index contributed by atoms with van der Waals surface area (Å²) in [4.78, 5) is 26.9. The number of nitrogens with zero attached hydrogens (tertiary/aromatic N) is 1. The Balaban J connectivity index is 1.38. The molecule has 1 aromatic rings. The maximum Gasteiger partial charge on any atom is 0.225 e. The van der Waals surface area contributed by atoms with Crippen LogP contribution >= 0.6 is 0 Å². The third-order valence-corrected chi connectivity index (χ3v) is 6.11. The van der Waals surface area contributed by atoms with Gasteiger partial charge in [-0.3, -0.25) is 9.59 Å². The average Bonchev–Trinajstić information content (AvgIpc) is 2.73. The van der Waals surface area contributed by atoms with Crippen molar-refractivity contribution in [1.82, 2.24) is 10.2 Å². The van der Waals surface area contributed by atoms with Crippen molar-refractivity contribution in [2.75, 3.05) is 19.7 Å². The number of aliphatic hydroxyl groups is 1. The van der Waals surface area contributed by atoms with Crippen molar-refractivity contribution < 1.29 is 19.8 Å². The quantitative estimate of drug-likeness (QED) is 0.697. The molecule has 28 heavy (non-hydrogen) atoms. The van der Waals surface area contributed by atoms with E-state index in [1.165, 1.54) is 0 Å². The summed E-state index contributed by atoms with van der Waals surface area (Å²) in [6.45, 7) is 1.65. The van der Waals surface area contributed by atoms with Crippen molar-refractivity contribution >= 4 is 11.8 Å². The Hall–Kier alpha value is -2.08. The minimum atomic E-state index is 0.0460. The second-order valence-electron chi connectivity index (χ2n) is 8.26. The Labute approximate surface area is 166 Å². The SMILES string of the molecule is O=C(CCc1ccc(O)cc1)NC1CCC(C(=O)N2CCCC(CO)C2)CC1. The van der Waals surface area contributed by atoms with Gasteiger partial charge >= 0.3 is 0 Å². The number of carbonyl (C=O) groups excluding carboxylic acids is 2. The lowest BCUT2D eigenvalue weighted by Gasteiger charge is -2.36. The van der Waals surface area contributed by atoms with Crippen LogP contribution < -0.4 is 5.32 Å². The maximum atomic E-state index is 12.8. The highest BCUT2D eigenvalue weighted by Crippen LogP contribution is 2.28. The number of hydrogen-bond donors (Lipinski definition) is 3. The number of hydrogen-bond acceptors (Lipinski definition) is 4. The Morgan fingerprint density at radius 1 is 1.07 bits per heavy atom. The lowest BCUT2D eigenvalue weighted by molar-refractivity contribution is -0.138. The molecule has 1 aliphatic carbocycles. The zero-order chi connectivity index (χ0) is 19.9. The van der Waals surface area contributed by atoms with Gasteiger partial charge in [0, 0.05) is 38.1 Å². The number of phenols is 1. The van der Waals surface area contributed by atoms with Crippen LogP contribution in [0.15, 0.2) is 24.3 Å². The number of aliphatic hydroxyl groups excluding tert-OH is 1. The fraction of sp³-hybridized carbons (Fsp3) is 0.636. The van der Waals surface area contributed by atoms with E-state index in [9.17, 15) is 19.8 Å². The van der Waals surface area contributed by atoms with Gasteiger partial charge < -0.3 is 20.4 Å². The highest BCUT2D eigenvalue weighted by molar-refractivity contribution is 5.79. The summed E-state index contributed by atoms with van der Waals surface area (Å²) < 4.78 is 0. The molecule has 154 valence electrons. The maximum absolute atomic E-state index is 12.8. The van der Waals surface area contributed by atoms with E-state index < -0.39 is 0 Å². The van der Waals surface area contributed by atoms with Gasteiger partial charge in [-0.15, -0.1) is 0 Å². The topological polar surface area (TPSA) is 89.9 Å². The van der Waals surface area contributed by atoms with E-state index in [2.05, 4.69) is 5.32 Å². The molecule has 1 aliphatic heterocycles. The number of carbonyl (C=O) groups is 2. The van der Waals surface area contributed by atoms with Crippen LogP contribution in [0.2, 0.25) is 0 Å². The van der Waals surface area contributed by atoms with Crippen molar-refractivity contribution in [3.8, 4) is 5.75 Å². The molecule has 3 rings (SSSR count). The molecule has 2 aliphatic rings. The number of phenolic OH excluding ortho intramolecular Hbond substituents is 1. The number of aryl methyl sites for hydroxylation is 1. The standard InChI is InChI=1S/C22H32N2O4/c25-15-17-2-1-13-24(14-17)22(28)18-6-8-19(9-7-18)23-21(27)12-5-16-3-10-20(26)11-4-16/h3-4,10-11,17-19,25-26H,1-2,5-9,12-15H2,(H,23,27). The Morgan fingerprint density at radius 2 is 1.79 bits per heavy atom. The molecule has 2 fully saturated rings. The Morgan fingerprint density at radius 3 is 2.46 bits per heavy atom. The van der Waals surface area contributed by atoms with Crippen LogP contribution in [-0.4, -0.2) is 52.7 Å². The molecule has 1 atom stereocenters. The summed E-state index contributed by atoms with van der Waals surface area (Å²) in [5.74, 6) is 0.792. The number of aromatic hydroxyl groups is 1. The molecule has 1 aromatic carbocycles. The molecular formula is C22H32N2O4. The molecule has 6 heteroatoms. The van der Waals surface area contributed by atoms with Crippen molar-refractivity contribution in [2.24, 2.45) is 11.8 Å². The minimum Gasteiger partial charge on any atom is -0.508 e. The van der Waals surface area contributed by atoms with Crippen molar-refractivity contribution in [2.45, 2.75) is 57.4 Å². The van der Waals surface area contributed by atoms with Gasteiger partial charge in [-0.05, 0) is 68.6 Å². The predicted octanol–water partition coefficient (Wildman–Crippen LogP) is 2.23. The lowest BCUT2D eigenvalue weighted by Crippen LogP contribution is -2.46. The van der Waals surface area contributed by atoms with Gasteiger partial charge in [0.2, 0.25) is 11.8 Å². The van der Waals surface area contributed by atoms with Gasteiger partial charge in [0.1, 0.15) is 5.75 Å². The van der Waals surface area contributed by atoms with Crippen LogP contribution in [0, 0.1) is 11.8 Å². The summed E-state index contributed by atoms with van der Waals surface area (Å²) >= 11 is 0. The fourth-order valence-electron chi connectivity index (χ4n) is 4.38. The zero-order valence-corrected chi connectivity index (χ0v) is 16.5. The molecule has 0 spiro atoms. The second kappa shape index (κ2) is 9.92. The number of nitrogens with one attached hydrogen (secondary N) is 1. The van der Waals surface area contributed by atoms with Gasteiger partial charge in [0.15, 0.2) is 0 Å². The molecule has 1 saturated heterocycles. The van der Waals surface area contributed by atoms with E-state index in [4.69, 9.17) is 0 Å². The van der Waals surface area contributed by atoms with Crippen molar-refractivity contribution in [3.63, 3.8) is 0 Å². The molecule has 0 aromatic heterocycles. The summed E-state index contributed by atoms with van der Waals surface area (Å²) in [6.07, 6.45) is 6.40. The molecular weight excluding hydrogens is 356 g/mol. The predicted molar refractivity (Wildman–Crippen MR) is 107 cm³/mol. The Bertz CT molecular complexity index is 653. The number of amides is 2. The Kier molecular flexibility index (Phi) is 7.31. The van der Waals surface area contributed by atoms with Gasteiger partial charge in [0.05, 0.1) is 0 Å². The van der Waals surface area contributed by atoms with E-state index in [-0.39, 0.29) is 42.0 Å². The molecule has 0 bridgehead atoms. The molecule has 1 heterocycles. The minimum absolute atomic E-state index is 0.0460. The van der Waals surface area contributed by atoms with Crippen LogP contribution in [0.25, 0.3) is 0 Å². The van der Waals surface area contributed by atoms with Crippen LogP contribution in [0.1, 0.15) is 50.5 Å². The summed E-state index contributed by atoms with van der Waals surface area (Å²) in [5.41, 5.74) is 1.03. The lowest BCUT2D eigenvalue weighted by atomic mass is 9.84. The highest BCUT2D eigenvalue weighted by atomic mass is 16.3. The van der Waals surface area contributed by atoms with E-state index >= 15 is 0 Å². The average molecular weight is 389 g/mol. The first-order valence-electron chi connectivity index (χ1n) is 10.5. The van der Waals surface area contributed by atoms with Gasteiger partial charge in [0.25, 0.3) is 0 Å². The fourth-order valence-corrected chi connectivity index (χ4v) is 4.38. The molecule has 0 radical (unpaired) electrons. The van der Waals surface area contributed by atoms with Crippen LogP contribution in [-0.2, 0) is 16.0 Å². The zero-order valence-electron chi connectivity index (χ0n) is 16.5. The first-order chi connectivity index (χ1) is 13.5. The van der Waals surface area contributed by atoms with E-state index in [0.29, 0.717) is 19.4 Å². The molecule has 6 nitrogen and oxygen atoms in total. The summed E-state index contributed by atoms with van der Waals surface area (Å²) in [5, 5.41) is 21.8.